The van der Waals surface area contributed by atoms with E-state index in [1.165, 1.54) is 0 Å². The van der Waals surface area contributed by atoms with Crippen LogP contribution in [0.15, 0.2) is 137 Å². The fourth-order valence-corrected chi connectivity index (χ4v) is 7.07. The molecule has 248 valence electrons. The number of anilines is 1. The highest BCUT2D eigenvalue weighted by Gasteiger charge is 2.28. The average molecular weight is 686 g/mol. The lowest BCUT2D eigenvalue weighted by molar-refractivity contribution is -0.539. The third kappa shape index (κ3) is 8.00. The first-order valence-corrected chi connectivity index (χ1v) is 18.2. The summed E-state index contributed by atoms with van der Waals surface area (Å²) < 4.78 is 71.4. The SMILES string of the molecule is CCN(Cc1ccccc1)c1ccc(C(=C2C=CC(=[N+](CC)Cc3ccccc3)C=C2)c2cc(O)c(S(=O)(=O)O)cc2S(=O)(=O)O)cc1. The largest absolute Gasteiger partial charge is 0.506 e. The van der Waals surface area contributed by atoms with Crippen molar-refractivity contribution in [2.45, 2.75) is 36.7 Å². The van der Waals surface area contributed by atoms with Gasteiger partial charge in [-0.2, -0.15) is 16.8 Å². The number of hydrogen-bond acceptors (Lipinski definition) is 6. The summed E-state index contributed by atoms with van der Waals surface area (Å²) in [5.41, 5.74) is 5.36. The maximum absolute atomic E-state index is 12.7. The maximum Gasteiger partial charge on any atom is 0.298 e. The molecule has 0 unspecified atom stereocenters. The highest BCUT2D eigenvalue weighted by Crippen LogP contribution is 2.39. The van der Waals surface area contributed by atoms with E-state index in [0.717, 1.165) is 41.7 Å². The minimum absolute atomic E-state index is 0.142. The first-order valence-electron chi connectivity index (χ1n) is 15.4. The summed E-state index contributed by atoms with van der Waals surface area (Å²) in [4.78, 5) is 0.355. The first kappa shape index (κ1) is 34.5. The molecule has 0 atom stereocenters. The van der Waals surface area contributed by atoms with Crippen LogP contribution in [0.1, 0.15) is 36.1 Å². The lowest BCUT2D eigenvalue weighted by Gasteiger charge is -2.24. The van der Waals surface area contributed by atoms with Crippen molar-refractivity contribution in [3.8, 4) is 5.75 Å². The van der Waals surface area contributed by atoms with E-state index in [2.05, 4.69) is 9.48 Å². The van der Waals surface area contributed by atoms with Crippen molar-refractivity contribution in [3.05, 3.63) is 149 Å². The van der Waals surface area contributed by atoms with Gasteiger partial charge in [-0.1, -0.05) is 72.8 Å². The molecule has 0 radical (unpaired) electrons. The van der Waals surface area contributed by atoms with Crippen molar-refractivity contribution >= 4 is 37.2 Å². The lowest BCUT2D eigenvalue weighted by Crippen LogP contribution is -2.21. The zero-order chi connectivity index (χ0) is 34.5. The van der Waals surface area contributed by atoms with Crippen molar-refractivity contribution in [3.63, 3.8) is 0 Å². The van der Waals surface area contributed by atoms with E-state index in [4.69, 9.17) is 0 Å². The summed E-state index contributed by atoms with van der Waals surface area (Å²) in [5.74, 6) is -0.870. The summed E-state index contributed by atoms with van der Waals surface area (Å²) in [7, 11) is -10.1. The summed E-state index contributed by atoms with van der Waals surface area (Å²) in [6, 6.07) is 28.9. The molecular weight excluding hydrogens is 649 g/mol. The molecule has 4 aromatic carbocycles. The van der Waals surface area contributed by atoms with Gasteiger partial charge >= 0.3 is 0 Å². The second kappa shape index (κ2) is 14.5. The number of phenols is 1. The summed E-state index contributed by atoms with van der Waals surface area (Å²) in [6.07, 6.45) is 7.41. The molecular formula is C37H37N2O7S2+. The fraction of sp³-hybridized carbons (Fsp3) is 0.162. The van der Waals surface area contributed by atoms with Gasteiger partial charge in [0.25, 0.3) is 20.2 Å². The number of nitrogens with zero attached hydrogens (tertiary/aromatic N) is 2. The van der Waals surface area contributed by atoms with Gasteiger partial charge in [0.2, 0.25) is 0 Å². The molecule has 0 heterocycles. The number of benzene rings is 4. The number of hydrogen-bond donors (Lipinski definition) is 3. The van der Waals surface area contributed by atoms with Crippen LogP contribution in [0.25, 0.3) is 5.57 Å². The van der Waals surface area contributed by atoms with Gasteiger partial charge in [-0.3, -0.25) is 9.11 Å². The van der Waals surface area contributed by atoms with Gasteiger partial charge in [0.15, 0.2) is 12.3 Å². The quantitative estimate of drug-likeness (QED) is 0.120. The van der Waals surface area contributed by atoms with Crippen molar-refractivity contribution in [1.82, 2.24) is 0 Å². The Morgan fingerprint density at radius 3 is 1.79 bits per heavy atom. The molecule has 11 heteroatoms. The molecule has 5 rings (SSSR count). The smallest absolute Gasteiger partial charge is 0.298 e. The van der Waals surface area contributed by atoms with Crippen LogP contribution < -0.4 is 4.90 Å². The molecule has 4 aromatic rings. The molecule has 0 saturated heterocycles. The maximum atomic E-state index is 12.7. The number of rotatable bonds is 11. The summed E-state index contributed by atoms with van der Waals surface area (Å²) >= 11 is 0. The Kier molecular flexibility index (Phi) is 10.4. The van der Waals surface area contributed by atoms with Crippen LogP contribution in [0.5, 0.6) is 5.75 Å². The second-order valence-corrected chi connectivity index (χ2v) is 14.0. The van der Waals surface area contributed by atoms with E-state index in [0.29, 0.717) is 35.9 Å². The zero-order valence-electron chi connectivity index (χ0n) is 26.6. The van der Waals surface area contributed by atoms with Crippen LogP contribution in [0.3, 0.4) is 0 Å². The summed E-state index contributed by atoms with van der Waals surface area (Å²) in [6.45, 7) is 6.88. The Morgan fingerprint density at radius 1 is 0.708 bits per heavy atom. The van der Waals surface area contributed by atoms with E-state index < -0.39 is 35.8 Å². The van der Waals surface area contributed by atoms with E-state index in [1.54, 1.807) is 0 Å². The molecule has 0 fully saturated rings. The minimum Gasteiger partial charge on any atom is -0.506 e. The predicted molar refractivity (Wildman–Crippen MR) is 188 cm³/mol. The van der Waals surface area contributed by atoms with Crippen LogP contribution in [0.2, 0.25) is 0 Å². The molecule has 0 saturated carbocycles. The molecule has 0 amide bonds. The third-order valence-corrected chi connectivity index (χ3v) is 9.90. The Labute approximate surface area is 281 Å². The van der Waals surface area contributed by atoms with Gasteiger partial charge in [0.05, 0.1) is 0 Å². The van der Waals surface area contributed by atoms with E-state index in [9.17, 15) is 31.0 Å². The topological polar surface area (TPSA) is 135 Å². The Balaban J connectivity index is 1.66. The Bertz CT molecular complexity index is 2120. The summed E-state index contributed by atoms with van der Waals surface area (Å²) in [5, 5.41) is 10.7. The molecule has 0 aromatic heterocycles. The number of allylic oxidation sites excluding steroid dienone is 5. The van der Waals surface area contributed by atoms with Crippen LogP contribution in [0.4, 0.5) is 5.69 Å². The van der Waals surface area contributed by atoms with Gasteiger partial charge < -0.3 is 10.0 Å². The molecule has 48 heavy (non-hydrogen) atoms. The number of aromatic hydroxyl groups is 1. The normalized spacial score (nSPS) is 13.1. The van der Waals surface area contributed by atoms with Gasteiger partial charge in [-0.05, 0) is 72.5 Å². The molecule has 1 aliphatic rings. The molecule has 9 nitrogen and oxygen atoms in total. The average Bonchev–Trinajstić information content (AvgIpc) is 3.07. The standard InChI is InChI=1S/C37H36N2O7S2/c1-3-38(25-27-11-7-5-8-12-27)31-19-15-29(16-20-31)37(33-23-34(40)36(48(44,45)46)24-35(33)47(41,42)43)30-17-21-32(22-18-30)39(4-2)26-28-13-9-6-10-14-28/h5-24H,3-4,25-26H2,1-2H3,(H2-,40,41,42,43,44,45,46)/p+1. The molecule has 3 N–H and O–H groups in total. The van der Waals surface area contributed by atoms with Gasteiger partial charge in [-0.25, -0.2) is 4.58 Å². The lowest BCUT2D eigenvalue weighted by atomic mass is 9.90. The Hall–Kier alpha value is -4.81. The van der Waals surface area contributed by atoms with Crippen molar-refractivity contribution < 1.29 is 35.6 Å². The van der Waals surface area contributed by atoms with E-state index in [1.807, 2.05) is 123 Å². The molecule has 0 spiro atoms. The highest BCUT2D eigenvalue weighted by atomic mass is 32.2. The predicted octanol–water partition coefficient (Wildman–Crippen LogP) is 6.51. The van der Waals surface area contributed by atoms with Crippen molar-refractivity contribution in [1.29, 1.82) is 0 Å². The zero-order valence-corrected chi connectivity index (χ0v) is 28.2. The van der Waals surface area contributed by atoms with Gasteiger partial charge in [0.1, 0.15) is 22.1 Å². The first-order chi connectivity index (χ1) is 22.9. The molecule has 1 aliphatic carbocycles. The van der Waals surface area contributed by atoms with E-state index >= 15 is 0 Å². The van der Waals surface area contributed by atoms with Crippen LogP contribution in [0, 0.1) is 0 Å². The third-order valence-electron chi connectivity index (χ3n) is 8.12. The van der Waals surface area contributed by atoms with E-state index in [-0.39, 0.29) is 5.56 Å². The highest BCUT2D eigenvalue weighted by molar-refractivity contribution is 7.86. The Morgan fingerprint density at radius 2 is 1.27 bits per heavy atom. The van der Waals surface area contributed by atoms with Gasteiger partial charge in [0, 0.05) is 42.1 Å². The van der Waals surface area contributed by atoms with Crippen LogP contribution in [-0.4, -0.2) is 54.4 Å². The fourth-order valence-electron chi connectivity index (χ4n) is 5.70. The second-order valence-electron chi connectivity index (χ2n) is 11.2. The molecule has 0 bridgehead atoms. The van der Waals surface area contributed by atoms with Crippen LogP contribution >= 0.6 is 0 Å². The van der Waals surface area contributed by atoms with Crippen molar-refractivity contribution in [2.24, 2.45) is 0 Å². The van der Waals surface area contributed by atoms with Crippen LogP contribution in [-0.2, 0) is 33.3 Å². The minimum atomic E-state index is -5.04. The van der Waals surface area contributed by atoms with Gasteiger partial charge in [-0.15, -0.1) is 0 Å². The monoisotopic (exact) mass is 685 g/mol. The molecule has 0 aliphatic heterocycles. The number of phenolic OH excluding ortho intramolecular Hbond substituents is 1. The van der Waals surface area contributed by atoms with Crippen molar-refractivity contribution in [2.75, 3.05) is 18.0 Å².